The highest BCUT2D eigenvalue weighted by atomic mass is 35.5. The Hall–Kier alpha value is -3.83. The molecular formula is C25H17ClN2O3. The molecule has 0 saturated carbocycles. The number of pyridine rings is 1. The van der Waals surface area contributed by atoms with Gasteiger partial charge in [-0.1, -0.05) is 48.0 Å². The number of hydrogen-bond acceptors (Lipinski definition) is 4. The van der Waals surface area contributed by atoms with Crippen molar-refractivity contribution in [2.75, 3.05) is 5.32 Å². The summed E-state index contributed by atoms with van der Waals surface area (Å²) in [5.41, 5.74) is 2.63. The molecule has 0 bridgehead atoms. The fourth-order valence-electron chi connectivity index (χ4n) is 3.46. The average Bonchev–Trinajstić information content (AvgIpc) is 3.42. The monoisotopic (exact) mass is 428 g/mol. The van der Waals surface area contributed by atoms with Crippen LogP contribution in [0.15, 0.2) is 93.9 Å². The molecule has 3 aromatic heterocycles. The number of nitrogens with zero attached hydrogens (tertiary/aromatic N) is 1. The molecule has 0 fully saturated rings. The van der Waals surface area contributed by atoms with Crippen molar-refractivity contribution >= 4 is 34.3 Å². The minimum atomic E-state index is -0.356. The maximum Gasteiger partial charge on any atom is 0.292 e. The van der Waals surface area contributed by atoms with Crippen LogP contribution in [0.25, 0.3) is 22.3 Å². The Labute approximate surface area is 183 Å². The molecular weight excluding hydrogens is 412 g/mol. The molecule has 152 valence electrons. The third-order valence-electron chi connectivity index (χ3n) is 4.87. The first-order valence-electron chi connectivity index (χ1n) is 9.74. The van der Waals surface area contributed by atoms with Crippen LogP contribution in [0.1, 0.15) is 21.9 Å². The Bertz CT molecular complexity index is 1360. The summed E-state index contributed by atoms with van der Waals surface area (Å²) in [5.74, 6) is 1.72. The number of rotatable bonds is 5. The molecule has 0 radical (unpaired) electrons. The number of furan rings is 2. The maximum absolute atomic E-state index is 12.4. The van der Waals surface area contributed by atoms with Gasteiger partial charge in [0.1, 0.15) is 22.9 Å². The van der Waals surface area contributed by atoms with Gasteiger partial charge in [-0.15, -0.1) is 0 Å². The van der Waals surface area contributed by atoms with Gasteiger partial charge in [0.2, 0.25) is 0 Å². The summed E-state index contributed by atoms with van der Waals surface area (Å²) < 4.78 is 11.9. The van der Waals surface area contributed by atoms with E-state index in [1.165, 1.54) is 0 Å². The number of benzene rings is 2. The number of fused-ring (bicyclic) bond motifs is 1. The van der Waals surface area contributed by atoms with Crippen LogP contribution in [0.5, 0.6) is 0 Å². The van der Waals surface area contributed by atoms with Crippen molar-refractivity contribution in [2.45, 2.75) is 6.42 Å². The number of halogens is 1. The predicted molar refractivity (Wildman–Crippen MR) is 120 cm³/mol. The van der Waals surface area contributed by atoms with Crippen molar-refractivity contribution in [3.8, 4) is 11.3 Å². The van der Waals surface area contributed by atoms with Gasteiger partial charge in [0, 0.05) is 34.2 Å². The second-order valence-electron chi connectivity index (χ2n) is 7.07. The van der Waals surface area contributed by atoms with E-state index in [0.717, 1.165) is 27.9 Å². The lowest BCUT2D eigenvalue weighted by molar-refractivity contribution is 0.0994. The maximum atomic E-state index is 12.4. The normalized spacial score (nSPS) is 11.0. The molecule has 31 heavy (non-hydrogen) atoms. The Kier molecular flexibility index (Phi) is 5.02. The fourth-order valence-corrected chi connectivity index (χ4v) is 3.71. The first-order valence-corrected chi connectivity index (χ1v) is 10.1. The summed E-state index contributed by atoms with van der Waals surface area (Å²) in [6.45, 7) is 0. The Morgan fingerprint density at radius 3 is 2.58 bits per heavy atom. The molecule has 0 spiro atoms. The van der Waals surface area contributed by atoms with Gasteiger partial charge < -0.3 is 14.2 Å². The molecule has 1 amide bonds. The molecule has 0 saturated heterocycles. The van der Waals surface area contributed by atoms with Crippen molar-refractivity contribution in [3.63, 3.8) is 0 Å². The zero-order valence-electron chi connectivity index (χ0n) is 16.3. The van der Waals surface area contributed by atoms with Crippen molar-refractivity contribution in [3.05, 3.63) is 107 Å². The van der Waals surface area contributed by atoms with E-state index in [-0.39, 0.29) is 11.7 Å². The topological polar surface area (TPSA) is 68.3 Å². The van der Waals surface area contributed by atoms with Crippen LogP contribution in [0, 0.1) is 0 Å². The number of hydrogen-bond donors (Lipinski definition) is 1. The number of nitrogens with one attached hydrogen (secondary N) is 1. The van der Waals surface area contributed by atoms with Gasteiger partial charge in [0.05, 0.1) is 0 Å². The molecule has 1 N–H and O–H groups in total. The SMILES string of the molecule is O=C(Nc1ccccn1)c1ccc(Cc2cc(Cl)cc3cc(-c4ccccc4)oc23)o1. The minimum Gasteiger partial charge on any atom is -0.456 e. The molecule has 0 aliphatic rings. The van der Waals surface area contributed by atoms with Gasteiger partial charge in [0.15, 0.2) is 5.76 Å². The van der Waals surface area contributed by atoms with Gasteiger partial charge in [0.25, 0.3) is 5.91 Å². The largest absolute Gasteiger partial charge is 0.456 e. The van der Waals surface area contributed by atoms with E-state index in [9.17, 15) is 4.79 Å². The van der Waals surface area contributed by atoms with E-state index < -0.39 is 0 Å². The minimum absolute atomic E-state index is 0.211. The molecule has 5 aromatic rings. The lowest BCUT2D eigenvalue weighted by atomic mass is 10.1. The summed E-state index contributed by atoms with van der Waals surface area (Å²) in [5, 5.41) is 4.24. The van der Waals surface area contributed by atoms with E-state index in [1.54, 1.807) is 36.5 Å². The third kappa shape index (κ3) is 4.09. The van der Waals surface area contributed by atoms with Gasteiger partial charge in [-0.05, 0) is 42.5 Å². The summed E-state index contributed by atoms with van der Waals surface area (Å²) in [6, 6.07) is 24.3. The quantitative estimate of drug-likeness (QED) is 0.343. The zero-order chi connectivity index (χ0) is 21.2. The molecule has 0 unspecified atom stereocenters. The van der Waals surface area contributed by atoms with E-state index >= 15 is 0 Å². The first kappa shape index (κ1) is 19.2. The number of carbonyl (C=O) groups excluding carboxylic acids is 1. The summed E-state index contributed by atoms with van der Waals surface area (Å²) in [7, 11) is 0. The second kappa shape index (κ2) is 8.13. The zero-order valence-corrected chi connectivity index (χ0v) is 17.1. The number of carbonyl (C=O) groups is 1. The van der Waals surface area contributed by atoms with E-state index in [1.807, 2.05) is 48.5 Å². The van der Waals surface area contributed by atoms with Gasteiger partial charge >= 0.3 is 0 Å². The second-order valence-corrected chi connectivity index (χ2v) is 7.51. The highest BCUT2D eigenvalue weighted by Crippen LogP contribution is 2.33. The summed E-state index contributed by atoms with van der Waals surface area (Å²) in [6.07, 6.45) is 2.05. The number of amides is 1. The van der Waals surface area contributed by atoms with Crippen LogP contribution in [0.2, 0.25) is 5.02 Å². The van der Waals surface area contributed by atoms with Crippen LogP contribution >= 0.6 is 11.6 Å². The highest BCUT2D eigenvalue weighted by Gasteiger charge is 2.16. The van der Waals surface area contributed by atoms with Gasteiger partial charge in [-0.25, -0.2) is 4.98 Å². The average molecular weight is 429 g/mol. The molecule has 3 heterocycles. The molecule has 0 atom stereocenters. The van der Waals surface area contributed by atoms with Crippen molar-refractivity contribution in [2.24, 2.45) is 0 Å². The predicted octanol–water partition coefficient (Wildman–Crippen LogP) is 6.58. The van der Waals surface area contributed by atoms with Crippen LogP contribution in [-0.4, -0.2) is 10.9 Å². The molecule has 5 rings (SSSR count). The molecule has 6 heteroatoms. The molecule has 0 aliphatic heterocycles. The first-order chi connectivity index (χ1) is 15.2. The molecule has 2 aromatic carbocycles. The smallest absolute Gasteiger partial charge is 0.292 e. The van der Waals surface area contributed by atoms with Gasteiger partial charge in [-0.3, -0.25) is 4.79 Å². The summed E-state index contributed by atoms with van der Waals surface area (Å²) in [4.78, 5) is 16.5. The molecule has 5 nitrogen and oxygen atoms in total. The van der Waals surface area contributed by atoms with Crippen LogP contribution in [-0.2, 0) is 6.42 Å². The third-order valence-corrected chi connectivity index (χ3v) is 5.09. The van der Waals surface area contributed by atoms with Gasteiger partial charge in [-0.2, -0.15) is 0 Å². The van der Waals surface area contributed by atoms with Crippen LogP contribution < -0.4 is 5.32 Å². The van der Waals surface area contributed by atoms with Crippen molar-refractivity contribution in [1.82, 2.24) is 4.98 Å². The molecule has 0 aliphatic carbocycles. The lowest BCUT2D eigenvalue weighted by Crippen LogP contribution is -2.11. The van der Waals surface area contributed by atoms with Crippen molar-refractivity contribution < 1.29 is 13.6 Å². The highest BCUT2D eigenvalue weighted by molar-refractivity contribution is 6.31. The number of anilines is 1. The lowest BCUT2D eigenvalue weighted by Gasteiger charge is -2.03. The standard InChI is InChI=1S/C25H17ClN2O3/c26-19-12-17(24-18(13-19)15-22(31-24)16-6-2-1-3-7-16)14-20-9-10-21(30-20)25(29)28-23-8-4-5-11-27-23/h1-13,15H,14H2,(H,27,28,29). The van der Waals surface area contributed by atoms with E-state index in [4.69, 9.17) is 20.4 Å². The Morgan fingerprint density at radius 1 is 0.935 bits per heavy atom. The Balaban J connectivity index is 1.42. The van der Waals surface area contributed by atoms with E-state index in [2.05, 4.69) is 10.3 Å². The van der Waals surface area contributed by atoms with E-state index in [0.29, 0.717) is 23.0 Å². The Morgan fingerprint density at radius 2 is 1.77 bits per heavy atom. The summed E-state index contributed by atoms with van der Waals surface area (Å²) >= 11 is 6.35. The fraction of sp³-hybridized carbons (Fsp3) is 0.0400. The van der Waals surface area contributed by atoms with Crippen LogP contribution in [0.3, 0.4) is 0 Å². The number of aromatic nitrogens is 1. The van der Waals surface area contributed by atoms with Crippen LogP contribution in [0.4, 0.5) is 5.82 Å². The van der Waals surface area contributed by atoms with Crippen molar-refractivity contribution in [1.29, 1.82) is 0 Å².